The molecule has 1 aromatic rings. The van der Waals surface area contributed by atoms with Gasteiger partial charge in [-0.3, -0.25) is 0 Å². The average molecular weight is 182 g/mol. The lowest BCUT2D eigenvalue weighted by Gasteiger charge is -2.08. The predicted octanol–water partition coefficient (Wildman–Crippen LogP) is 2.92. The van der Waals surface area contributed by atoms with E-state index in [9.17, 15) is 0 Å². The van der Waals surface area contributed by atoms with Crippen LogP contribution < -0.4 is 5.73 Å². The van der Waals surface area contributed by atoms with Gasteiger partial charge >= 0.3 is 0 Å². The fourth-order valence-electron chi connectivity index (χ4n) is 1.05. The van der Waals surface area contributed by atoms with Crippen LogP contribution in [0.3, 0.4) is 0 Å². The van der Waals surface area contributed by atoms with Crippen LogP contribution in [0.25, 0.3) is 0 Å². The van der Waals surface area contributed by atoms with E-state index in [0.29, 0.717) is 0 Å². The molecule has 1 atom stereocenters. The third kappa shape index (κ3) is 2.36. The summed E-state index contributed by atoms with van der Waals surface area (Å²) < 4.78 is 0. The van der Waals surface area contributed by atoms with Crippen LogP contribution in [-0.2, 0) is 0 Å². The molecule has 0 fully saturated rings. The second-order valence-electron chi connectivity index (χ2n) is 2.69. The van der Waals surface area contributed by atoms with Gasteiger partial charge in [-0.25, -0.2) is 0 Å². The lowest BCUT2D eigenvalue weighted by atomic mass is 10.1. The molecule has 0 aliphatic heterocycles. The van der Waals surface area contributed by atoms with Gasteiger partial charge in [-0.1, -0.05) is 29.8 Å². The van der Waals surface area contributed by atoms with Crippen molar-refractivity contribution in [2.45, 2.75) is 12.5 Å². The first kappa shape index (κ1) is 9.30. The summed E-state index contributed by atoms with van der Waals surface area (Å²) in [7, 11) is 0. The highest BCUT2D eigenvalue weighted by Gasteiger charge is 2.02. The van der Waals surface area contributed by atoms with E-state index in [2.05, 4.69) is 6.58 Å². The first-order valence-corrected chi connectivity index (χ1v) is 4.24. The summed E-state index contributed by atoms with van der Waals surface area (Å²) in [5.41, 5.74) is 6.90. The zero-order valence-corrected chi connectivity index (χ0v) is 7.59. The van der Waals surface area contributed by atoms with Crippen LogP contribution in [0.5, 0.6) is 0 Å². The number of rotatable bonds is 3. The highest BCUT2D eigenvalue weighted by atomic mass is 35.5. The molecule has 64 valence electrons. The lowest BCUT2D eigenvalue weighted by Crippen LogP contribution is -2.08. The Hall–Kier alpha value is -0.790. The molecule has 0 unspecified atom stereocenters. The van der Waals surface area contributed by atoms with Crippen molar-refractivity contribution >= 4 is 11.6 Å². The summed E-state index contributed by atoms with van der Waals surface area (Å²) >= 11 is 5.81. The molecule has 0 saturated heterocycles. The first-order valence-electron chi connectivity index (χ1n) is 3.86. The quantitative estimate of drug-likeness (QED) is 0.713. The maximum Gasteiger partial charge on any atom is 0.0409 e. The molecule has 2 N–H and O–H groups in total. The van der Waals surface area contributed by atoms with E-state index in [0.717, 1.165) is 17.0 Å². The van der Waals surface area contributed by atoms with Gasteiger partial charge in [0, 0.05) is 11.1 Å². The number of halogens is 1. The van der Waals surface area contributed by atoms with Crippen molar-refractivity contribution in [3.63, 3.8) is 0 Å². The van der Waals surface area contributed by atoms with Gasteiger partial charge < -0.3 is 5.73 Å². The Balaban J connectivity index is 2.80. The summed E-state index contributed by atoms with van der Waals surface area (Å²) in [4.78, 5) is 0. The minimum Gasteiger partial charge on any atom is -0.324 e. The van der Waals surface area contributed by atoms with Gasteiger partial charge in [-0.2, -0.15) is 0 Å². The van der Waals surface area contributed by atoms with Crippen LogP contribution in [0, 0.1) is 0 Å². The highest BCUT2D eigenvalue weighted by Crippen LogP contribution is 2.18. The van der Waals surface area contributed by atoms with E-state index in [-0.39, 0.29) is 6.04 Å². The third-order valence-corrected chi connectivity index (χ3v) is 1.93. The van der Waals surface area contributed by atoms with E-state index < -0.39 is 0 Å². The molecular formula is C10H12ClN. The topological polar surface area (TPSA) is 26.0 Å². The zero-order chi connectivity index (χ0) is 8.97. The van der Waals surface area contributed by atoms with Gasteiger partial charge in [0.15, 0.2) is 0 Å². The standard InChI is InChI=1S/C10H12ClN/c1-2-4-10(12)8-5-3-6-9(11)7-8/h2-3,5-7,10H,1,4,12H2/t10-/m1/s1. The van der Waals surface area contributed by atoms with Crippen LogP contribution in [-0.4, -0.2) is 0 Å². The molecule has 1 nitrogen and oxygen atoms in total. The third-order valence-electron chi connectivity index (χ3n) is 1.70. The van der Waals surface area contributed by atoms with Gasteiger partial charge in [0.05, 0.1) is 0 Å². The van der Waals surface area contributed by atoms with Gasteiger partial charge in [-0.15, -0.1) is 6.58 Å². The summed E-state index contributed by atoms with van der Waals surface area (Å²) in [5, 5.41) is 0.729. The molecule has 0 amide bonds. The Morgan fingerprint density at radius 3 is 2.92 bits per heavy atom. The molecule has 0 spiro atoms. The number of hydrogen-bond acceptors (Lipinski definition) is 1. The largest absolute Gasteiger partial charge is 0.324 e. The van der Waals surface area contributed by atoms with Crippen LogP contribution in [0.4, 0.5) is 0 Å². The normalized spacial score (nSPS) is 12.5. The van der Waals surface area contributed by atoms with Crippen molar-refractivity contribution in [2.75, 3.05) is 0 Å². The summed E-state index contributed by atoms with van der Waals surface area (Å²) in [6.07, 6.45) is 2.59. The minimum atomic E-state index is 0.0150. The van der Waals surface area contributed by atoms with E-state index >= 15 is 0 Å². The van der Waals surface area contributed by atoms with Crippen LogP contribution in [0.1, 0.15) is 18.0 Å². The van der Waals surface area contributed by atoms with Crippen LogP contribution in [0.2, 0.25) is 5.02 Å². The maximum absolute atomic E-state index is 5.84. The molecule has 0 heterocycles. The molecule has 0 radical (unpaired) electrons. The summed E-state index contributed by atoms with van der Waals surface area (Å²) in [6.45, 7) is 3.64. The predicted molar refractivity (Wildman–Crippen MR) is 53.2 cm³/mol. The Morgan fingerprint density at radius 1 is 1.58 bits per heavy atom. The summed E-state index contributed by atoms with van der Waals surface area (Å²) in [6, 6.07) is 7.61. The van der Waals surface area contributed by atoms with Crippen molar-refractivity contribution in [1.82, 2.24) is 0 Å². The van der Waals surface area contributed by atoms with E-state index in [1.54, 1.807) is 0 Å². The lowest BCUT2D eigenvalue weighted by molar-refractivity contribution is 0.742. The van der Waals surface area contributed by atoms with Crippen molar-refractivity contribution < 1.29 is 0 Å². The molecular weight excluding hydrogens is 170 g/mol. The number of hydrogen-bond donors (Lipinski definition) is 1. The van der Waals surface area contributed by atoms with Crippen LogP contribution in [0.15, 0.2) is 36.9 Å². The molecule has 0 aliphatic carbocycles. The fraction of sp³-hybridized carbons (Fsp3) is 0.200. The van der Waals surface area contributed by atoms with Gasteiger partial charge in [0.25, 0.3) is 0 Å². The monoisotopic (exact) mass is 181 g/mol. The van der Waals surface area contributed by atoms with Crippen molar-refractivity contribution in [2.24, 2.45) is 5.73 Å². The van der Waals surface area contributed by atoms with Crippen LogP contribution >= 0.6 is 11.6 Å². The van der Waals surface area contributed by atoms with Crippen molar-refractivity contribution in [3.8, 4) is 0 Å². The summed E-state index contributed by atoms with van der Waals surface area (Å²) in [5.74, 6) is 0. The smallest absolute Gasteiger partial charge is 0.0409 e. The Bertz CT molecular complexity index is 270. The Morgan fingerprint density at radius 2 is 2.33 bits per heavy atom. The second-order valence-corrected chi connectivity index (χ2v) is 3.12. The molecule has 1 aromatic carbocycles. The molecule has 12 heavy (non-hydrogen) atoms. The zero-order valence-electron chi connectivity index (χ0n) is 6.83. The average Bonchev–Trinajstić information content (AvgIpc) is 2.05. The fourth-order valence-corrected chi connectivity index (χ4v) is 1.25. The van der Waals surface area contributed by atoms with E-state index in [1.807, 2.05) is 30.3 Å². The second kappa shape index (κ2) is 4.29. The number of nitrogens with two attached hydrogens (primary N) is 1. The Kier molecular flexibility index (Phi) is 3.32. The Labute approximate surface area is 77.8 Å². The van der Waals surface area contributed by atoms with Crippen molar-refractivity contribution in [1.29, 1.82) is 0 Å². The van der Waals surface area contributed by atoms with Crippen molar-refractivity contribution in [3.05, 3.63) is 47.5 Å². The minimum absolute atomic E-state index is 0.0150. The first-order chi connectivity index (χ1) is 5.74. The molecule has 0 bridgehead atoms. The van der Waals surface area contributed by atoms with E-state index in [1.165, 1.54) is 0 Å². The highest BCUT2D eigenvalue weighted by molar-refractivity contribution is 6.30. The van der Waals surface area contributed by atoms with Gasteiger partial charge in [0.1, 0.15) is 0 Å². The molecule has 0 saturated carbocycles. The maximum atomic E-state index is 5.84. The molecule has 1 rings (SSSR count). The van der Waals surface area contributed by atoms with Gasteiger partial charge in [0.2, 0.25) is 0 Å². The number of benzene rings is 1. The van der Waals surface area contributed by atoms with E-state index in [4.69, 9.17) is 17.3 Å². The van der Waals surface area contributed by atoms with Gasteiger partial charge in [-0.05, 0) is 24.1 Å². The molecule has 0 aliphatic rings. The SMILES string of the molecule is C=CC[C@@H](N)c1cccc(Cl)c1. The molecule has 2 heteroatoms. The molecule has 0 aromatic heterocycles.